The molecule has 1 saturated heterocycles. The maximum absolute atomic E-state index is 12.7. The standard InChI is InChI=1S/C19H27N4O14P3S2/c1-41-42-7-6-12(24)5-3-2-4-11-9-23(17-16(11)18(26)22-19(20)21-17)15-8-13(25)14(35-15)10-34-39(30,31)37-40(32,33)36-38(27,28)29/h9,13-15,25H,3,5-8,10H2,1H3,(H,30,31)(H,32,33)(H2,27,28,29)(H3,20,21,22,26)/t13-,14-,15-/m1/s1. The van der Waals surface area contributed by atoms with Crippen molar-refractivity contribution >= 4 is 67.8 Å². The van der Waals surface area contributed by atoms with Crippen molar-refractivity contribution in [2.75, 3.05) is 24.3 Å². The van der Waals surface area contributed by atoms with E-state index < -0.39 is 54.1 Å². The first-order valence-corrected chi connectivity index (χ1v) is 18.9. The largest absolute Gasteiger partial charge is 0.490 e. The number of phosphoric acid groups is 3. The summed E-state index contributed by atoms with van der Waals surface area (Å²) in [5.41, 5.74) is 5.39. The smallest absolute Gasteiger partial charge is 0.390 e. The SMILES string of the molecule is CSSCCC(=O)CCC#Cc1cn([C@H]2C[C@@H](O)[C@@H](COP(=O)(O)OP(=O)(O)OP(=O)(O)O)O2)c2nc(N)[nH]c(=O)c12. The average molecular weight is 692 g/mol. The lowest BCUT2D eigenvalue weighted by Gasteiger charge is -2.19. The molecule has 8 N–H and O–H groups in total. The van der Waals surface area contributed by atoms with Crippen molar-refractivity contribution in [3.05, 3.63) is 22.1 Å². The molecule has 0 aromatic carbocycles. The number of carbonyl (C=O) groups is 1. The van der Waals surface area contributed by atoms with Crippen molar-refractivity contribution in [3.63, 3.8) is 0 Å². The number of anilines is 1. The van der Waals surface area contributed by atoms with Gasteiger partial charge in [-0.25, -0.2) is 13.7 Å². The monoisotopic (exact) mass is 692 g/mol. The van der Waals surface area contributed by atoms with Crippen LogP contribution in [0.5, 0.6) is 0 Å². The van der Waals surface area contributed by atoms with Gasteiger partial charge in [0.1, 0.15) is 18.1 Å². The van der Waals surface area contributed by atoms with Gasteiger partial charge in [-0.05, 0) is 6.26 Å². The summed E-state index contributed by atoms with van der Waals surface area (Å²) >= 11 is 0. The van der Waals surface area contributed by atoms with Gasteiger partial charge in [0, 0.05) is 37.6 Å². The van der Waals surface area contributed by atoms with E-state index in [1.165, 1.54) is 10.8 Å². The summed E-state index contributed by atoms with van der Waals surface area (Å²) in [5.74, 6) is 6.22. The topological polar surface area (TPSA) is 283 Å². The van der Waals surface area contributed by atoms with E-state index >= 15 is 0 Å². The Labute approximate surface area is 245 Å². The molecule has 1 fully saturated rings. The van der Waals surface area contributed by atoms with Gasteiger partial charge in [-0.2, -0.15) is 13.6 Å². The Hall–Kier alpha value is -1.52. The first-order valence-electron chi connectivity index (χ1n) is 11.7. The van der Waals surface area contributed by atoms with Gasteiger partial charge in [-0.1, -0.05) is 33.4 Å². The van der Waals surface area contributed by atoms with Crippen molar-refractivity contribution in [2.24, 2.45) is 0 Å². The van der Waals surface area contributed by atoms with Gasteiger partial charge < -0.3 is 39.7 Å². The van der Waals surface area contributed by atoms with Crippen LogP contribution in [0.15, 0.2) is 11.0 Å². The van der Waals surface area contributed by atoms with E-state index in [1.54, 1.807) is 21.6 Å². The minimum Gasteiger partial charge on any atom is -0.390 e. The minimum absolute atomic E-state index is 0.0520. The number of hydrogen-bond acceptors (Lipinski definition) is 14. The molecule has 0 amide bonds. The van der Waals surface area contributed by atoms with E-state index in [-0.39, 0.29) is 47.6 Å². The van der Waals surface area contributed by atoms with Gasteiger partial charge in [-0.15, -0.1) is 0 Å². The molecule has 23 heteroatoms. The number of aliphatic hydroxyl groups is 1. The number of nitrogen functional groups attached to an aromatic ring is 1. The lowest BCUT2D eigenvalue weighted by molar-refractivity contribution is -0.118. The van der Waals surface area contributed by atoms with Gasteiger partial charge in [-0.3, -0.25) is 19.1 Å². The van der Waals surface area contributed by atoms with Crippen LogP contribution in [0.25, 0.3) is 11.0 Å². The first-order chi connectivity index (χ1) is 19.5. The number of aromatic nitrogens is 3. The number of aliphatic hydroxyl groups excluding tert-OH is 1. The third kappa shape index (κ3) is 10.3. The number of rotatable bonds is 14. The van der Waals surface area contributed by atoms with Gasteiger partial charge in [0.05, 0.1) is 23.7 Å². The van der Waals surface area contributed by atoms with Gasteiger partial charge >= 0.3 is 23.5 Å². The van der Waals surface area contributed by atoms with Crippen LogP contribution in [0.4, 0.5) is 5.95 Å². The number of nitrogens with zero attached hydrogens (tertiary/aromatic N) is 2. The molecule has 5 atom stereocenters. The molecule has 3 rings (SSSR count). The van der Waals surface area contributed by atoms with E-state index in [2.05, 4.69) is 35.0 Å². The van der Waals surface area contributed by atoms with Crippen molar-refractivity contribution in [3.8, 4) is 11.8 Å². The molecule has 18 nitrogen and oxygen atoms in total. The maximum atomic E-state index is 12.7. The number of nitrogens with two attached hydrogens (primary N) is 1. The fourth-order valence-corrected chi connectivity index (χ4v) is 7.97. The minimum atomic E-state index is -5.73. The van der Waals surface area contributed by atoms with Crippen LogP contribution in [-0.4, -0.2) is 75.8 Å². The second-order valence-corrected chi connectivity index (χ2v) is 15.6. The molecule has 0 spiro atoms. The molecule has 1 aliphatic heterocycles. The van der Waals surface area contributed by atoms with Crippen LogP contribution >= 0.6 is 45.1 Å². The predicted molar refractivity (Wildman–Crippen MR) is 151 cm³/mol. The van der Waals surface area contributed by atoms with Crippen LogP contribution < -0.4 is 11.3 Å². The quantitative estimate of drug-likeness (QED) is 0.0637. The Bertz CT molecular complexity index is 1570. The molecule has 42 heavy (non-hydrogen) atoms. The Morgan fingerprint density at radius 2 is 1.95 bits per heavy atom. The molecule has 0 saturated carbocycles. The number of phosphoric ester groups is 1. The molecule has 2 aromatic rings. The molecular weight excluding hydrogens is 665 g/mol. The third-order valence-electron chi connectivity index (χ3n) is 5.37. The number of carbonyl (C=O) groups excluding carboxylic acids is 1. The predicted octanol–water partition coefficient (Wildman–Crippen LogP) is 1.40. The van der Waals surface area contributed by atoms with Crippen LogP contribution in [0.2, 0.25) is 0 Å². The number of nitrogens with one attached hydrogen (secondary N) is 1. The Balaban J connectivity index is 1.74. The Kier molecular flexibility index (Phi) is 12.1. The maximum Gasteiger partial charge on any atom is 0.490 e. The summed E-state index contributed by atoms with van der Waals surface area (Å²) in [6.07, 6.45) is 0.441. The highest BCUT2D eigenvalue weighted by Crippen LogP contribution is 2.66. The first kappa shape index (κ1) is 35.0. The highest BCUT2D eigenvalue weighted by atomic mass is 33.1. The summed E-state index contributed by atoms with van der Waals surface area (Å²) in [7, 11) is -13.6. The molecule has 0 bridgehead atoms. The van der Waals surface area contributed by atoms with Crippen molar-refractivity contribution in [1.29, 1.82) is 0 Å². The molecular formula is C19H27N4O14P3S2. The normalized spacial score (nSPS) is 21.9. The average Bonchev–Trinajstić information content (AvgIpc) is 3.38. The fraction of sp³-hybridized carbons (Fsp3) is 0.526. The fourth-order valence-electron chi connectivity index (χ4n) is 3.72. The molecule has 0 radical (unpaired) electrons. The van der Waals surface area contributed by atoms with Crippen LogP contribution in [0.3, 0.4) is 0 Å². The van der Waals surface area contributed by atoms with Crippen LogP contribution in [-0.2, 0) is 36.4 Å². The van der Waals surface area contributed by atoms with Gasteiger partial charge in [0.2, 0.25) is 5.95 Å². The zero-order valence-electron chi connectivity index (χ0n) is 21.6. The Morgan fingerprint density at radius 1 is 1.24 bits per heavy atom. The summed E-state index contributed by atoms with van der Waals surface area (Å²) in [6.45, 7) is -0.882. The number of fused-ring (bicyclic) bond motifs is 1. The lowest BCUT2D eigenvalue weighted by Crippen LogP contribution is -2.26. The summed E-state index contributed by atoms with van der Waals surface area (Å²) in [4.78, 5) is 67.3. The van der Waals surface area contributed by atoms with E-state index in [0.29, 0.717) is 12.2 Å². The van der Waals surface area contributed by atoms with Crippen molar-refractivity contribution in [2.45, 2.75) is 44.1 Å². The second-order valence-electron chi connectivity index (χ2n) is 8.50. The number of aromatic amines is 1. The molecule has 2 unspecified atom stereocenters. The number of ketones is 1. The molecule has 2 aromatic heterocycles. The van der Waals surface area contributed by atoms with Gasteiger partial charge in [0.25, 0.3) is 5.56 Å². The summed E-state index contributed by atoms with van der Waals surface area (Å²) in [5, 5.41) is 10.5. The summed E-state index contributed by atoms with van der Waals surface area (Å²) < 4.78 is 53.2. The molecule has 1 aliphatic rings. The van der Waals surface area contributed by atoms with Crippen LogP contribution in [0, 0.1) is 11.8 Å². The number of hydrogen-bond donors (Lipinski definition) is 7. The number of Topliss-reactive ketones (excluding diaryl/α,β-unsaturated/α-hetero) is 1. The van der Waals surface area contributed by atoms with Crippen molar-refractivity contribution in [1.82, 2.24) is 14.5 Å². The van der Waals surface area contributed by atoms with E-state index in [4.69, 9.17) is 20.3 Å². The highest BCUT2D eigenvalue weighted by Gasteiger charge is 2.43. The van der Waals surface area contributed by atoms with Crippen LogP contribution in [0.1, 0.15) is 37.5 Å². The van der Waals surface area contributed by atoms with E-state index in [1.807, 2.05) is 6.26 Å². The third-order valence-corrected chi connectivity index (χ3v) is 11.0. The molecule has 234 valence electrons. The second kappa shape index (κ2) is 14.5. The number of H-pyrrole nitrogens is 1. The zero-order valence-corrected chi connectivity index (χ0v) is 25.9. The molecule has 0 aliphatic carbocycles. The number of ether oxygens (including phenoxy) is 1. The highest BCUT2D eigenvalue weighted by molar-refractivity contribution is 8.76. The zero-order chi connectivity index (χ0) is 31.3. The van der Waals surface area contributed by atoms with Crippen molar-refractivity contribution < 1.29 is 61.1 Å². The summed E-state index contributed by atoms with van der Waals surface area (Å²) in [6, 6.07) is 0. The molecule has 3 heterocycles. The van der Waals surface area contributed by atoms with Gasteiger partial charge in [0.15, 0.2) is 5.65 Å². The van der Waals surface area contributed by atoms with E-state index in [0.717, 1.165) is 0 Å². The van der Waals surface area contributed by atoms with E-state index in [9.17, 15) is 38.2 Å². The Morgan fingerprint density at radius 3 is 2.62 bits per heavy atom. The lowest BCUT2D eigenvalue weighted by atomic mass is 10.1.